The minimum atomic E-state index is -0.265. The number of ether oxygens (including phenoxy) is 2. The SMILES string of the molecule is C#CCOc1c(Br)cc(/C=C2/SC(=O)N(CCC)C2=O)cc1OCC. The van der Waals surface area contributed by atoms with E-state index in [0.717, 1.165) is 23.7 Å². The first-order valence-corrected chi connectivity index (χ1v) is 9.40. The van der Waals surface area contributed by atoms with Crippen molar-refractivity contribution in [1.82, 2.24) is 4.90 Å². The zero-order valence-corrected chi connectivity index (χ0v) is 16.4. The molecule has 2 rings (SSSR count). The minimum Gasteiger partial charge on any atom is -0.490 e. The first-order valence-electron chi connectivity index (χ1n) is 7.79. The summed E-state index contributed by atoms with van der Waals surface area (Å²) in [6.07, 6.45) is 7.65. The maximum Gasteiger partial charge on any atom is 0.293 e. The van der Waals surface area contributed by atoms with Crippen LogP contribution in [-0.2, 0) is 4.79 Å². The predicted molar refractivity (Wildman–Crippen MR) is 103 cm³/mol. The van der Waals surface area contributed by atoms with Crippen LogP contribution in [-0.4, -0.2) is 35.8 Å². The monoisotopic (exact) mass is 423 g/mol. The van der Waals surface area contributed by atoms with E-state index in [-0.39, 0.29) is 17.8 Å². The van der Waals surface area contributed by atoms with E-state index in [2.05, 4.69) is 21.9 Å². The molecule has 1 aromatic carbocycles. The molecular formula is C18H18BrNO4S. The lowest BCUT2D eigenvalue weighted by atomic mass is 10.2. The molecule has 2 amide bonds. The van der Waals surface area contributed by atoms with Gasteiger partial charge in [0.25, 0.3) is 11.1 Å². The Labute approximate surface area is 159 Å². The van der Waals surface area contributed by atoms with Crippen molar-refractivity contribution in [2.24, 2.45) is 0 Å². The first-order chi connectivity index (χ1) is 12.0. The van der Waals surface area contributed by atoms with Crippen LogP contribution in [0.15, 0.2) is 21.5 Å². The molecule has 1 saturated heterocycles. The Morgan fingerprint density at radius 2 is 2.08 bits per heavy atom. The van der Waals surface area contributed by atoms with Gasteiger partial charge in [0.15, 0.2) is 11.5 Å². The van der Waals surface area contributed by atoms with Crippen LogP contribution in [0.4, 0.5) is 4.79 Å². The lowest BCUT2D eigenvalue weighted by Gasteiger charge is -2.13. The number of carbonyl (C=O) groups is 2. The van der Waals surface area contributed by atoms with Gasteiger partial charge in [0, 0.05) is 6.54 Å². The van der Waals surface area contributed by atoms with Gasteiger partial charge in [0.1, 0.15) is 6.61 Å². The van der Waals surface area contributed by atoms with E-state index in [0.29, 0.717) is 34.0 Å². The number of benzene rings is 1. The van der Waals surface area contributed by atoms with Gasteiger partial charge in [0.05, 0.1) is 16.0 Å². The molecule has 1 aliphatic rings. The molecule has 0 atom stereocenters. The summed E-state index contributed by atoms with van der Waals surface area (Å²) in [5.41, 5.74) is 0.727. The zero-order chi connectivity index (χ0) is 18.4. The highest BCUT2D eigenvalue weighted by molar-refractivity contribution is 9.10. The summed E-state index contributed by atoms with van der Waals surface area (Å²) in [6, 6.07) is 3.55. The quantitative estimate of drug-likeness (QED) is 0.483. The standard InChI is InChI=1S/C18H18BrNO4S/c1-4-7-20-17(21)15(25-18(20)22)11-12-9-13(19)16(24-8-5-2)14(10-12)23-6-3/h2,9-11H,4,6-8H2,1,3H3/b15-11+. The largest absolute Gasteiger partial charge is 0.490 e. The molecule has 1 fully saturated rings. The number of hydrogen-bond donors (Lipinski definition) is 0. The lowest BCUT2D eigenvalue weighted by Crippen LogP contribution is -2.28. The molecule has 0 unspecified atom stereocenters. The van der Waals surface area contributed by atoms with E-state index in [1.54, 1.807) is 18.2 Å². The van der Waals surface area contributed by atoms with Crippen molar-refractivity contribution in [3.05, 3.63) is 27.1 Å². The van der Waals surface area contributed by atoms with Crippen molar-refractivity contribution in [1.29, 1.82) is 0 Å². The Bertz CT molecular complexity index is 754. The van der Waals surface area contributed by atoms with Gasteiger partial charge < -0.3 is 9.47 Å². The molecule has 0 bridgehead atoms. The number of terminal acetylenes is 1. The average molecular weight is 424 g/mol. The van der Waals surface area contributed by atoms with Crippen LogP contribution >= 0.6 is 27.7 Å². The molecular weight excluding hydrogens is 406 g/mol. The highest BCUT2D eigenvalue weighted by atomic mass is 79.9. The van der Waals surface area contributed by atoms with E-state index in [9.17, 15) is 9.59 Å². The number of nitrogens with zero attached hydrogens (tertiary/aromatic N) is 1. The fourth-order valence-corrected chi connectivity index (χ4v) is 3.70. The van der Waals surface area contributed by atoms with Gasteiger partial charge in [0.2, 0.25) is 0 Å². The average Bonchev–Trinajstić information content (AvgIpc) is 2.82. The summed E-state index contributed by atoms with van der Waals surface area (Å²) >= 11 is 4.38. The van der Waals surface area contributed by atoms with Gasteiger partial charge in [-0.15, -0.1) is 6.42 Å². The van der Waals surface area contributed by atoms with E-state index < -0.39 is 0 Å². The molecule has 0 saturated carbocycles. The number of halogens is 1. The van der Waals surface area contributed by atoms with Gasteiger partial charge in [-0.2, -0.15) is 0 Å². The van der Waals surface area contributed by atoms with Crippen LogP contribution < -0.4 is 9.47 Å². The van der Waals surface area contributed by atoms with Crippen LogP contribution in [0.3, 0.4) is 0 Å². The molecule has 132 valence electrons. The fraction of sp³-hybridized carbons (Fsp3) is 0.333. The molecule has 1 aromatic rings. The van der Waals surface area contributed by atoms with Crippen LogP contribution in [0.2, 0.25) is 0 Å². The van der Waals surface area contributed by atoms with Crippen molar-refractivity contribution < 1.29 is 19.1 Å². The second kappa shape index (κ2) is 8.97. The summed E-state index contributed by atoms with van der Waals surface area (Å²) in [4.78, 5) is 25.9. The fourth-order valence-electron chi connectivity index (χ4n) is 2.26. The molecule has 1 heterocycles. The third kappa shape index (κ3) is 4.59. The molecule has 25 heavy (non-hydrogen) atoms. The van der Waals surface area contributed by atoms with Crippen molar-refractivity contribution in [3.63, 3.8) is 0 Å². The van der Waals surface area contributed by atoms with Crippen LogP contribution in [0, 0.1) is 12.3 Å². The third-order valence-electron chi connectivity index (χ3n) is 3.25. The molecule has 0 spiro atoms. The highest BCUT2D eigenvalue weighted by Crippen LogP contribution is 2.39. The number of thioether (sulfide) groups is 1. The number of hydrogen-bond acceptors (Lipinski definition) is 5. The Balaban J connectivity index is 2.35. The molecule has 0 radical (unpaired) electrons. The molecule has 5 nitrogen and oxygen atoms in total. The molecule has 7 heteroatoms. The second-order valence-electron chi connectivity index (χ2n) is 5.09. The maximum absolute atomic E-state index is 12.3. The Kier molecular flexibility index (Phi) is 6.97. The normalized spacial score (nSPS) is 15.6. The van der Waals surface area contributed by atoms with Crippen molar-refractivity contribution >= 4 is 44.9 Å². The van der Waals surface area contributed by atoms with Gasteiger partial charge in [-0.1, -0.05) is 12.8 Å². The minimum absolute atomic E-state index is 0.119. The first kappa shape index (κ1) is 19.4. The summed E-state index contributed by atoms with van der Waals surface area (Å²) < 4.78 is 11.8. The number of amides is 2. The molecule has 0 aliphatic carbocycles. The molecule has 0 N–H and O–H groups in total. The molecule has 1 aliphatic heterocycles. The lowest BCUT2D eigenvalue weighted by molar-refractivity contribution is -0.122. The summed E-state index contributed by atoms with van der Waals surface area (Å²) in [6.45, 7) is 4.78. The third-order valence-corrected chi connectivity index (χ3v) is 4.75. The van der Waals surface area contributed by atoms with E-state index in [1.807, 2.05) is 13.8 Å². The van der Waals surface area contributed by atoms with E-state index in [1.165, 1.54) is 4.90 Å². The van der Waals surface area contributed by atoms with Crippen LogP contribution in [0.5, 0.6) is 11.5 Å². The summed E-state index contributed by atoms with van der Waals surface area (Å²) in [7, 11) is 0. The second-order valence-corrected chi connectivity index (χ2v) is 6.94. The highest BCUT2D eigenvalue weighted by Gasteiger charge is 2.34. The number of rotatable bonds is 7. The van der Waals surface area contributed by atoms with Gasteiger partial charge >= 0.3 is 0 Å². The Hall–Kier alpha value is -1.91. The van der Waals surface area contributed by atoms with Crippen LogP contribution in [0.1, 0.15) is 25.8 Å². The number of carbonyl (C=O) groups excluding carboxylic acids is 2. The van der Waals surface area contributed by atoms with Gasteiger partial charge in [-0.25, -0.2) is 0 Å². The van der Waals surface area contributed by atoms with Crippen LogP contribution in [0.25, 0.3) is 6.08 Å². The van der Waals surface area contributed by atoms with Crippen molar-refractivity contribution in [2.75, 3.05) is 19.8 Å². The maximum atomic E-state index is 12.3. The smallest absolute Gasteiger partial charge is 0.293 e. The van der Waals surface area contributed by atoms with E-state index in [4.69, 9.17) is 15.9 Å². The Morgan fingerprint density at radius 3 is 2.72 bits per heavy atom. The predicted octanol–water partition coefficient (Wildman–Crippen LogP) is 4.31. The molecule has 0 aromatic heterocycles. The summed E-state index contributed by atoms with van der Waals surface area (Å²) in [5, 5.41) is -0.240. The van der Waals surface area contributed by atoms with E-state index >= 15 is 0 Å². The van der Waals surface area contributed by atoms with Gasteiger partial charge in [-0.3, -0.25) is 14.5 Å². The van der Waals surface area contributed by atoms with Crippen molar-refractivity contribution in [3.8, 4) is 23.8 Å². The topological polar surface area (TPSA) is 55.8 Å². The van der Waals surface area contributed by atoms with Crippen molar-refractivity contribution in [2.45, 2.75) is 20.3 Å². The van der Waals surface area contributed by atoms with Gasteiger partial charge in [-0.05, 0) is 64.8 Å². The summed E-state index contributed by atoms with van der Waals surface area (Å²) in [5.74, 6) is 3.18. The number of imide groups is 1. The zero-order valence-electron chi connectivity index (χ0n) is 14.0. The Morgan fingerprint density at radius 1 is 1.32 bits per heavy atom.